The highest BCUT2D eigenvalue weighted by molar-refractivity contribution is 5.95. The molecule has 3 aromatic carbocycles. The second kappa shape index (κ2) is 12.3. The molecule has 3 heteroatoms. The third-order valence-corrected chi connectivity index (χ3v) is 4.98. The molecule has 0 aromatic heterocycles. The number of rotatable bonds is 6. The molecule has 3 nitrogen and oxygen atoms in total. The van der Waals surface area contributed by atoms with Crippen LogP contribution in [0.3, 0.4) is 0 Å². The molecule has 0 spiro atoms. The molecular weight excluding hydrogens is 382 g/mol. The number of aryl methyl sites for hydroxylation is 1. The van der Waals surface area contributed by atoms with Crippen molar-refractivity contribution in [1.29, 1.82) is 0 Å². The summed E-state index contributed by atoms with van der Waals surface area (Å²) in [6.45, 7) is 7.68. The van der Waals surface area contributed by atoms with Crippen molar-refractivity contribution >= 4 is 17.8 Å². The topological polar surface area (TPSA) is 46.2 Å². The van der Waals surface area contributed by atoms with Crippen LogP contribution in [0.2, 0.25) is 0 Å². The molecule has 0 aliphatic rings. The molecule has 0 aliphatic heterocycles. The van der Waals surface area contributed by atoms with Gasteiger partial charge < -0.3 is 5.32 Å². The highest BCUT2D eigenvalue weighted by Crippen LogP contribution is 2.18. The average molecular weight is 414 g/mol. The van der Waals surface area contributed by atoms with E-state index in [1.165, 1.54) is 5.56 Å². The van der Waals surface area contributed by atoms with Crippen molar-refractivity contribution in [3.63, 3.8) is 0 Å². The number of nitrogens with one attached hydrogen (secondary N) is 1. The lowest BCUT2D eigenvalue weighted by molar-refractivity contribution is 0.0934. The highest BCUT2D eigenvalue weighted by atomic mass is 16.1. The van der Waals surface area contributed by atoms with E-state index < -0.39 is 0 Å². The number of benzene rings is 3. The monoisotopic (exact) mass is 413 g/mol. The van der Waals surface area contributed by atoms with E-state index in [4.69, 9.17) is 0 Å². The van der Waals surface area contributed by atoms with Crippen LogP contribution in [0.5, 0.6) is 0 Å². The minimum atomic E-state index is -0.0264. The third kappa shape index (κ3) is 7.38. The quantitative estimate of drug-likeness (QED) is 0.452. The fourth-order valence-electron chi connectivity index (χ4n) is 3.16. The van der Waals surface area contributed by atoms with Gasteiger partial charge in [-0.1, -0.05) is 85.8 Å². The van der Waals surface area contributed by atoms with Gasteiger partial charge in [0.2, 0.25) is 0 Å². The first-order valence-corrected chi connectivity index (χ1v) is 10.6. The van der Waals surface area contributed by atoms with Gasteiger partial charge in [-0.3, -0.25) is 9.59 Å². The lowest BCUT2D eigenvalue weighted by Gasteiger charge is -2.18. The summed E-state index contributed by atoms with van der Waals surface area (Å²) < 4.78 is 0. The smallest absolute Gasteiger partial charge is 0.251 e. The Hall–Kier alpha value is -3.46. The van der Waals surface area contributed by atoms with Crippen LogP contribution >= 0.6 is 0 Å². The van der Waals surface area contributed by atoms with E-state index >= 15 is 0 Å². The largest absolute Gasteiger partial charge is 0.345 e. The van der Waals surface area contributed by atoms with Crippen LogP contribution in [-0.4, -0.2) is 11.7 Å². The molecule has 1 N–H and O–H groups in total. The third-order valence-electron chi connectivity index (χ3n) is 4.98. The van der Waals surface area contributed by atoms with Gasteiger partial charge in [0.15, 0.2) is 5.78 Å². The first kappa shape index (κ1) is 23.8. The molecule has 160 valence electrons. The van der Waals surface area contributed by atoms with Gasteiger partial charge in [0.25, 0.3) is 5.91 Å². The maximum absolute atomic E-state index is 12.5. The predicted molar refractivity (Wildman–Crippen MR) is 129 cm³/mol. The van der Waals surface area contributed by atoms with Crippen LogP contribution < -0.4 is 5.32 Å². The molecule has 3 rings (SSSR count). The molecule has 1 unspecified atom stereocenters. The van der Waals surface area contributed by atoms with E-state index in [-0.39, 0.29) is 17.7 Å². The lowest BCUT2D eigenvalue weighted by Crippen LogP contribution is -2.28. The molecular formula is C28H31NO2. The van der Waals surface area contributed by atoms with Gasteiger partial charge in [-0.25, -0.2) is 0 Å². The fraction of sp³-hybridized carbons (Fsp3) is 0.214. The Morgan fingerprint density at radius 2 is 1.52 bits per heavy atom. The Balaban J connectivity index is 0.000000316. The maximum atomic E-state index is 12.5. The van der Waals surface area contributed by atoms with Crippen molar-refractivity contribution in [2.75, 3.05) is 0 Å². The minimum Gasteiger partial charge on any atom is -0.345 e. The zero-order valence-corrected chi connectivity index (χ0v) is 18.8. The summed E-state index contributed by atoms with van der Waals surface area (Å²) in [5.41, 5.74) is 4.87. The van der Waals surface area contributed by atoms with Gasteiger partial charge in [0.1, 0.15) is 0 Å². The standard InChI is InChI=1S/C20H23NO.C8H8O/c1-4-9-17-14-18(13-12-15(17)3)20(22)21-19(5-2)16-10-7-6-8-11-16;1-7(9)8-5-3-2-4-6-8/h4,6-14,19H,5H2,1-3H3,(H,21,22);2-6H,1H3/b9-4-;. The summed E-state index contributed by atoms with van der Waals surface area (Å²) in [6.07, 6.45) is 4.88. The second-order valence-electron chi connectivity index (χ2n) is 7.34. The van der Waals surface area contributed by atoms with E-state index in [0.29, 0.717) is 5.56 Å². The molecule has 0 saturated carbocycles. The number of Topliss-reactive ketones (excluding diaryl/α,β-unsaturated/α-hetero) is 1. The van der Waals surface area contributed by atoms with Crippen LogP contribution in [0.15, 0.2) is 84.9 Å². The lowest BCUT2D eigenvalue weighted by atomic mass is 10.0. The number of allylic oxidation sites excluding steroid dienone is 1. The van der Waals surface area contributed by atoms with E-state index in [2.05, 4.69) is 31.3 Å². The number of carbonyl (C=O) groups excluding carboxylic acids is 2. The van der Waals surface area contributed by atoms with Gasteiger partial charge in [0.05, 0.1) is 6.04 Å². The first-order chi connectivity index (χ1) is 15.0. The van der Waals surface area contributed by atoms with Crippen LogP contribution in [0.25, 0.3) is 6.08 Å². The molecule has 0 aliphatic carbocycles. The number of hydrogen-bond acceptors (Lipinski definition) is 2. The van der Waals surface area contributed by atoms with Crippen molar-refractivity contribution < 1.29 is 9.59 Å². The van der Waals surface area contributed by atoms with Crippen molar-refractivity contribution in [2.45, 2.75) is 40.2 Å². The molecule has 3 aromatic rings. The molecule has 0 heterocycles. The summed E-state index contributed by atoms with van der Waals surface area (Å²) in [4.78, 5) is 23.2. The van der Waals surface area contributed by atoms with Gasteiger partial charge in [-0.15, -0.1) is 0 Å². The second-order valence-corrected chi connectivity index (χ2v) is 7.34. The van der Waals surface area contributed by atoms with Crippen LogP contribution in [0.1, 0.15) is 70.6 Å². The molecule has 31 heavy (non-hydrogen) atoms. The van der Waals surface area contributed by atoms with Gasteiger partial charge in [-0.05, 0) is 56.0 Å². The Morgan fingerprint density at radius 3 is 2.03 bits per heavy atom. The summed E-state index contributed by atoms with van der Waals surface area (Å²) in [7, 11) is 0. The van der Waals surface area contributed by atoms with Crippen LogP contribution in [0.4, 0.5) is 0 Å². The SMILES string of the molecule is C/C=C\c1cc(C(=O)NC(CC)c2ccccc2)ccc1C.CC(=O)c1ccccc1. The van der Waals surface area contributed by atoms with E-state index in [0.717, 1.165) is 23.1 Å². The number of carbonyl (C=O) groups is 2. The molecule has 0 fully saturated rings. The minimum absolute atomic E-state index is 0.0264. The first-order valence-electron chi connectivity index (χ1n) is 10.6. The van der Waals surface area contributed by atoms with Crippen LogP contribution in [-0.2, 0) is 0 Å². The Labute approximate surface area is 185 Å². The Kier molecular flexibility index (Phi) is 9.44. The van der Waals surface area contributed by atoms with Crippen molar-refractivity contribution in [3.05, 3.63) is 113 Å². The van der Waals surface area contributed by atoms with Gasteiger partial charge in [-0.2, -0.15) is 0 Å². The molecule has 1 amide bonds. The molecule has 0 saturated heterocycles. The Bertz CT molecular complexity index is 1010. The zero-order valence-electron chi connectivity index (χ0n) is 18.8. The number of hydrogen-bond donors (Lipinski definition) is 1. The van der Waals surface area contributed by atoms with Crippen molar-refractivity contribution in [2.24, 2.45) is 0 Å². The zero-order chi connectivity index (χ0) is 22.6. The van der Waals surface area contributed by atoms with Crippen molar-refractivity contribution in [3.8, 4) is 0 Å². The summed E-state index contributed by atoms with van der Waals surface area (Å²) in [5.74, 6) is 0.0945. The van der Waals surface area contributed by atoms with Gasteiger partial charge >= 0.3 is 0 Å². The van der Waals surface area contributed by atoms with Gasteiger partial charge in [0, 0.05) is 11.1 Å². The van der Waals surface area contributed by atoms with Crippen molar-refractivity contribution in [1.82, 2.24) is 5.32 Å². The maximum Gasteiger partial charge on any atom is 0.251 e. The van der Waals surface area contributed by atoms with E-state index in [1.807, 2.05) is 85.8 Å². The molecule has 0 radical (unpaired) electrons. The summed E-state index contributed by atoms with van der Waals surface area (Å²) in [6, 6.07) is 25.2. The predicted octanol–water partition coefficient (Wildman–Crippen LogP) is 6.80. The summed E-state index contributed by atoms with van der Waals surface area (Å²) >= 11 is 0. The highest BCUT2D eigenvalue weighted by Gasteiger charge is 2.14. The summed E-state index contributed by atoms with van der Waals surface area (Å²) in [5, 5.41) is 3.13. The molecule has 1 atom stereocenters. The fourth-order valence-corrected chi connectivity index (χ4v) is 3.16. The molecule has 0 bridgehead atoms. The number of amides is 1. The van der Waals surface area contributed by atoms with E-state index in [9.17, 15) is 9.59 Å². The van der Waals surface area contributed by atoms with Crippen LogP contribution in [0, 0.1) is 6.92 Å². The van der Waals surface area contributed by atoms with E-state index in [1.54, 1.807) is 6.92 Å². The average Bonchev–Trinajstić information content (AvgIpc) is 2.80. The Morgan fingerprint density at radius 1 is 0.903 bits per heavy atom. The normalized spacial score (nSPS) is 11.4. The number of ketones is 1.